The molecule has 20 heavy (non-hydrogen) atoms. The van der Waals surface area contributed by atoms with Crippen molar-refractivity contribution in [3.8, 4) is 0 Å². The number of hydrogen-bond donors (Lipinski definition) is 0. The molecule has 0 saturated heterocycles. The number of hydrogen-bond acceptors (Lipinski definition) is 0. The minimum Gasteiger partial charge on any atom is -0.207 e. The lowest BCUT2D eigenvalue weighted by molar-refractivity contribution is 0.370. The van der Waals surface area contributed by atoms with Gasteiger partial charge in [-0.3, -0.25) is 0 Å². The third-order valence-corrected chi connectivity index (χ3v) is 3.13. The summed E-state index contributed by atoms with van der Waals surface area (Å²) in [6, 6.07) is 4.09. The van der Waals surface area contributed by atoms with Gasteiger partial charge in [0.15, 0.2) is 23.3 Å². The molecule has 2 aromatic carbocycles. The molecule has 0 aromatic heterocycles. The summed E-state index contributed by atoms with van der Waals surface area (Å²) in [6.07, 6.45) is 0. The first-order valence-corrected chi connectivity index (χ1v) is 5.69. The van der Waals surface area contributed by atoms with Crippen molar-refractivity contribution in [3.63, 3.8) is 0 Å². The quantitative estimate of drug-likeness (QED) is 0.322. The minimum atomic E-state index is -2.26. The first kappa shape index (κ1) is 14.7. The van der Waals surface area contributed by atoms with E-state index in [9.17, 15) is 26.3 Å². The summed E-state index contributed by atoms with van der Waals surface area (Å²) < 4.78 is 78.8. The molecular formula is C13H5ClF6. The lowest BCUT2D eigenvalue weighted by atomic mass is 10.0. The topological polar surface area (TPSA) is 0 Å². The third-order valence-electron chi connectivity index (χ3n) is 2.66. The maximum Gasteiger partial charge on any atom is 0.200 e. The van der Waals surface area contributed by atoms with Gasteiger partial charge in [0.2, 0.25) is 5.82 Å². The van der Waals surface area contributed by atoms with E-state index in [0.29, 0.717) is 0 Å². The molecular weight excluding hydrogens is 306 g/mol. The van der Waals surface area contributed by atoms with E-state index in [-0.39, 0.29) is 5.56 Å². The summed E-state index contributed by atoms with van der Waals surface area (Å²) in [4.78, 5) is 0. The largest absolute Gasteiger partial charge is 0.207 e. The van der Waals surface area contributed by atoms with Crippen molar-refractivity contribution >= 4 is 11.6 Å². The van der Waals surface area contributed by atoms with Gasteiger partial charge in [-0.1, -0.05) is 12.1 Å². The Bertz CT molecular complexity index is 624. The molecule has 0 aliphatic rings. The summed E-state index contributed by atoms with van der Waals surface area (Å²) in [6.45, 7) is 0. The summed E-state index contributed by atoms with van der Waals surface area (Å²) in [7, 11) is 0. The fraction of sp³-hybridized carbons (Fsp3) is 0.0769. The zero-order chi connectivity index (χ0) is 15.0. The van der Waals surface area contributed by atoms with E-state index in [4.69, 9.17) is 11.6 Å². The SMILES string of the molecule is Fc1ccc(C(Cl)c2c(F)c(F)c(F)c(F)c2F)cc1. The van der Waals surface area contributed by atoms with Gasteiger partial charge in [0.1, 0.15) is 5.82 Å². The van der Waals surface area contributed by atoms with Gasteiger partial charge in [0.25, 0.3) is 0 Å². The van der Waals surface area contributed by atoms with Gasteiger partial charge in [0, 0.05) is 0 Å². The van der Waals surface area contributed by atoms with Crippen LogP contribution in [0.5, 0.6) is 0 Å². The molecule has 1 unspecified atom stereocenters. The Morgan fingerprint density at radius 3 is 1.50 bits per heavy atom. The molecule has 0 amide bonds. The predicted octanol–water partition coefficient (Wildman–Crippen LogP) is 4.85. The monoisotopic (exact) mass is 310 g/mol. The highest BCUT2D eigenvalue weighted by Crippen LogP contribution is 2.35. The van der Waals surface area contributed by atoms with Crippen LogP contribution < -0.4 is 0 Å². The van der Waals surface area contributed by atoms with E-state index in [1.807, 2.05) is 0 Å². The molecule has 0 radical (unpaired) electrons. The summed E-state index contributed by atoms with van der Waals surface area (Å²) in [5, 5.41) is -1.64. The van der Waals surface area contributed by atoms with E-state index in [2.05, 4.69) is 0 Å². The standard InChI is InChI=1S/C13H5ClF6/c14-8(5-1-3-6(15)4-2-5)7-9(16)11(18)13(20)12(19)10(7)17/h1-4,8H. The highest BCUT2D eigenvalue weighted by molar-refractivity contribution is 6.22. The van der Waals surface area contributed by atoms with E-state index >= 15 is 0 Å². The Hall–Kier alpha value is -1.69. The van der Waals surface area contributed by atoms with Gasteiger partial charge >= 0.3 is 0 Å². The zero-order valence-electron chi connectivity index (χ0n) is 9.53. The Labute approximate surface area is 114 Å². The van der Waals surface area contributed by atoms with Crippen LogP contribution in [0, 0.1) is 34.9 Å². The third kappa shape index (κ3) is 2.35. The van der Waals surface area contributed by atoms with Gasteiger partial charge in [-0.25, -0.2) is 26.3 Å². The molecule has 0 aliphatic carbocycles. The molecule has 0 aliphatic heterocycles. The molecule has 0 heterocycles. The van der Waals surface area contributed by atoms with Gasteiger partial charge < -0.3 is 0 Å². The number of alkyl halides is 1. The van der Waals surface area contributed by atoms with E-state index in [1.54, 1.807) is 0 Å². The Morgan fingerprint density at radius 1 is 0.650 bits per heavy atom. The average molecular weight is 311 g/mol. The molecule has 2 rings (SSSR count). The molecule has 106 valence electrons. The number of benzene rings is 2. The van der Waals surface area contributed by atoms with Crippen molar-refractivity contribution in [1.29, 1.82) is 0 Å². The first-order valence-electron chi connectivity index (χ1n) is 5.25. The maximum atomic E-state index is 13.5. The van der Waals surface area contributed by atoms with Crippen molar-refractivity contribution < 1.29 is 26.3 Å². The predicted molar refractivity (Wildman–Crippen MR) is 60.3 cm³/mol. The number of rotatable bonds is 2. The summed E-state index contributed by atoms with van der Waals surface area (Å²) >= 11 is 5.73. The van der Waals surface area contributed by atoms with Crippen molar-refractivity contribution in [2.24, 2.45) is 0 Å². The van der Waals surface area contributed by atoms with Gasteiger partial charge in [-0.05, 0) is 17.7 Å². The van der Waals surface area contributed by atoms with Crippen LogP contribution in [0.1, 0.15) is 16.5 Å². The second-order valence-electron chi connectivity index (χ2n) is 3.90. The molecule has 0 spiro atoms. The second-order valence-corrected chi connectivity index (χ2v) is 4.33. The lowest BCUT2D eigenvalue weighted by Gasteiger charge is -2.14. The van der Waals surface area contributed by atoms with E-state index in [1.165, 1.54) is 0 Å². The molecule has 0 saturated carbocycles. The van der Waals surface area contributed by atoms with Crippen molar-refractivity contribution in [2.75, 3.05) is 0 Å². The van der Waals surface area contributed by atoms with Crippen LogP contribution in [0.25, 0.3) is 0 Å². The maximum absolute atomic E-state index is 13.5. The highest BCUT2D eigenvalue weighted by atomic mass is 35.5. The first-order chi connectivity index (χ1) is 9.34. The molecule has 0 nitrogen and oxygen atoms in total. The van der Waals surface area contributed by atoms with Gasteiger partial charge in [-0.15, -0.1) is 11.6 Å². The van der Waals surface area contributed by atoms with Crippen LogP contribution in [0.3, 0.4) is 0 Å². The van der Waals surface area contributed by atoms with Crippen molar-refractivity contribution in [1.82, 2.24) is 0 Å². The molecule has 0 bridgehead atoms. The minimum absolute atomic E-state index is 0.00345. The highest BCUT2D eigenvalue weighted by Gasteiger charge is 2.30. The van der Waals surface area contributed by atoms with Crippen LogP contribution in [-0.2, 0) is 0 Å². The second kappa shape index (κ2) is 5.36. The Balaban J connectivity index is 2.60. The van der Waals surface area contributed by atoms with Crippen molar-refractivity contribution in [2.45, 2.75) is 5.38 Å². The lowest BCUT2D eigenvalue weighted by Crippen LogP contribution is -2.09. The normalized spacial score (nSPS) is 12.6. The molecule has 7 heteroatoms. The average Bonchev–Trinajstić information content (AvgIpc) is 2.44. The smallest absolute Gasteiger partial charge is 0.200 e. The molecule has 0 fully saturated rings. The van der Waals surface area contributed by atoms with Crippen LogP contribution in [0.2, 0.25) is 0 Å². The fourth-order valence-electron chi connectivity index (χ4n) is 1.64. The molecule has 0 N–H and O–H groups in total. The van der Waals surface area contributed by atoms with Crippen LogP contribution >= 0.6 is 11.6 Å². The van der Waals surface area contributed by atoms with Crippen molar-refractivity contribution in [3.05, 3.63) is 70.3 Å². The van der Waals surface area contributed by atoms with E-state index in [0.717, 1.165) is 24.3 Å². The fourth-order valence-corrected chi connectivity index (χ4v) is 1.98. The van der Waals surface area contributed by atoms with Crippen LogP contribution in [0.15, 0.2) is 24.3 Å². The molecule has 2 aromatic rings. The van der Waals surface area contributed by atoms with E-state index < -0.39 is 45.8 Å². The Kier molecular flexibility index (Phi) is 3.94. The summed E-state index contributed by atoms with van der Waals surface area (Å²) in [5.41, 5.74) is -1.18. The van der Waals surface area contributed by atoms with Gasteiger partial charge in [0.05, 0.1) is 10.9 Å². The zero-order valence-corrected chi connectivity index (χ0v) is 10.3. The summed E-state index contributed by atoms with van der Waals surface area (Å²) in [5.74, 6) is -11.1. The van der Waals surface area contributed by atoms with Crippen LogP contribution in [-0.4, -0.2) is 0 Å². The number of halogens is 7. The van der Waals surface area contributed by atoms with Gasteiger partial charge in [-0.2, -0.15) is 0 Å². The Morgan fingerprint density at radius 2 is 1.05 bits per heavy atom. The molecule has 1 atom stereocenters. The van der Waals surface area contributed by atoms with Crippen LogP contribution in [0.4, 0.5) is 26.3 Å².